The van der Waals surface area contributed by atoms with Gasteiger partial charge in [0.1, 0.15) is 0 Å². The number of carbonyl (C=O) groups excluding carboxylic acids is 1. The third-order valence-electron chi connectivity index (χ3n) is 1.90. The highest BCUT2D eigenvalue weighted by Crippen LogP contribution is 2.25. The average molecular weight is 220 g/mol. The van der Waals surface area contributed by atoms with E-state index in [1.54, 1.807) is 0 Å². The van der Waals surface area contributed by atoms with Crippen LogP contribution < -0.4 is 0 Å². The molecule has 0 atom stereocenters. The molecule has 0 N–H and O–H groups in total. The second kappa shape index (κ2) is 4.18. The Morgan fingerprint density at radius 1 is 1.33 bits per heavy atom. The van der Waals surface area contributed by atoms with Gasteiger partial charge in [-0.3, -0.25) is 0 Å². The van der Waals surface area contributed by atoms with E-state index in [0.717, 1.165) is 10.4 Å². The van der Waals surface area contributed by atoms with E-state index in [2.05, 4.69) is 14.3 Å². The summed E-state index contributed by atoms with van der Waals surface area (Å²) in [5.41, 5.74) is 1.20. The van der Waals surface area contributed by atoms with E-state index in [9.17, 15) is 4.79 Å². The summed E-state index contributed by atoms with van der Waals surface area (Å²) in [4.78, 5) is 12.1. The molecule has 1 aromatic heterocycles. The molecule has 0 saturated heterocycles. The largest absolute Gasteiger partial charge is 0.464 e. The van der Waals surface area contributed by atoms with Crippen molar-refractivity contribution in [2.24, 2.45) is 0 Å². The van der Waals surface area contributed by atoms with Crippen LogP contribution >= 0.6 is 11.5 Å². The van der Waals surface area contributed by atoms with Crippen molar-refractivity contribution in [2.45, 2.75) is 0 Å². The molecule has 0 radical (unpaired) electrons. The molecule has 5 heteroatoms. The van der Waals surface area contributed by atoms with Crippen molar-refractivity contribution in [3.63, 3.8) is 0 Å². The summed E-state index contributed by atoms with van der Waals surface area (Å²) in [7, 11) is 1.33. The summed E-state index contributed by atoms with van der Waals surface area (Å²) >= 11 is 1.18. The second-order valence-corrected chi connectivity index (χ2v) is 3.56. The van der Waals surface area contributed by atoms with E-state index in [0.29, 0.717) is 0 Å². The molecule has 1 heterocycles. The van der Waals surface area contributed by atoms with Gasteiger partial charge in [-0.15, -0.1) is 5.10 Å². The van der Waals surface area contributed by atoms with Crippen molar-refractivity contribution in [3.05, 3.63) is 36.0 Å². The van der Waals surface area contributed by atoms with Gasteiger partial charge in [0, 0.05) is 0 Å². The summed E-state index contributed by atoms with van der Waals surface area (Å²) < 4.78 is 8.38. The summed E-state index contributed by atoms with van der Waals surface area (Å²) in [6.07, 6.45) is 0. The highest BCUT2D eigenvalue weighted by atomic mass is 32.1. The maximum absolute atomic E-state index is 11.4. The van der Waals surface area contributed by atoms with E-state index >= 15 is 0 Å². The number of hydrogen-bond donors (Lipinski definition) is 0. The molecular weight excluding hydrogens is 212 g/mol. The number of methoxy groups -OCH3 is 1. The average Bonchev–Trinajstić information content (AvgIpc) is 2.78. The number of carbonyl (C=O) groups is 1. The molecule has 0 saturated carbocycles. The van der Waals surface area contributed by atoms with E-state index in [1.807, 2.05) is 30.3 Å². The Morgan fingerprint density at radius 3 is 2.73 bits per heavy atom. The zero-order valence-corrected chi connectivity index (χ0v) is 8.82. The van der Waals surface area contributed by atoms with Crippen LogP contribution in [0.4, 0.5) is 0 Å². The topological polar surface area (TPSA) is 52.1 Å². The molecule has 0 fully saturated rings. The summed E-state index contributed by atoms with van der Waals surface area (Å²) in [6.45, 7) is 0. The fourth-order valence-corrected chi connectivity index (χ4v) is 1.86. The van der Waals surface area contributed by atoms with Gasteiger partial charge in [0.05, 0.1) is 12.0 Å². The second-order valence-electron chi connectivity index (χ2n) is 2.81. The van der Waals surface area contributed by atoms with Crippen LogP contribution in [0.15, 0.2) is 30.3 Å². The Labute approximate surface area is 90.7 Å². The Hall–Kier alpha value is -1.75. The molecular formula is C10H8N2O2S. The van der Waals surface area contributed by atoms with Crippen LogP contribution in [-0.2, 0) is 4.74 Å². The van der Waals surface area contributed by atoms with Crippen molar-refractivity contribution in [2.75, 3.05) is 7.11 Å². The molecule has 0 amide bonds. The lowest BCUT2D eigenvalue weighted by molar-refractivity contribution is 0.0595. The van der Waals surface area contributed by atoms with Gasteiger partial charge < -0.3 is 4.74 Å². The number of ether oxygens (including phenoxy) is 1. The minimum atomic E-state index is -0.456. The number of esters is 1. The van der Waals surface area contributed by atoms with Crippen molar-refractivity contribution in [1.82, 2.24) is 9.59 Å². The molecule has 2 rings (SSSR count). The molecule has 0 aliphatic rings. The first-order valence-corrected chi connectivity index (χ1v) is 5.06. The molecule has 4 nitrogen and oxygen atoms in total. The normalized spacial score (nSPS) is 9.93. The van der Waals surface area contributed by atoms with Gasteiger partial charge >= 0.3 is 5.97 Å². The van der Waals surface area contributed by atoms with Gasteiger partial charge in [-0.1, -0.05) is 34.8 Å². The minimum Gasteiger partial charge on any atom is -0.464 e. The third kappa shape index (κ3) is 1.87. The molecule has 0 aliphatic heterocycles. The number of aromatic nitrogens is 2. The van der Waals surface area contributed by atoms with E-state index < -0.39 is 5.97 Å². The maximum atomic E-state index is 11.4. The maximum Gasteiger partial charge on any atom is 0.360 e. The fourth-order valence-electron chi connectivity index (χ4n) is 1.20. The number of hydrogen-bond acceptors (Lipinski definition) is 5. The Morgan fingerprint density at radius 2 is 2.07 bits per heavy atom. The van der Waals surface area contributed by atoms with Crippen molar-refractivity contribution in [1.29, 1.82) is 0 Å². The van der Waals surface area contributed by atoms with E-state index in [1.165, 1.54) is 18.6 Å². The van der Waals surface area contributed by atoms with Crippen molar-refractivity contribution in [3.8, 4) is 10.4 Å². The smallest absolute Gasteiger partial charge is 0.360 e. The van der Waals surface area contributed by atoms with Gasteiger partial charge in [-0.2, -0.15) is 0 Å². The highest BCUT2D eigenvalue weighted by Gasteiger charge is 2.17. The van der Waals surface area contributed by atoms with Crippen LogP contribution in [0.2, 0.25) is 0 Å². The van der Waals surface area contributed by atoms with Gasteiger partial charge in [0.15, 0.2) is 5.69 Å². The van der Waals surface area contributed by atoms with Crippen molar-refractivity contribution >= 4 is 17.5 Å². The lowest BCUT2D eigenvalue weighted by Crippen LogP contribution is -2.03. The molecule has 0 aliphatic carbocycles. The Kier molecular flexibility index (Phi) is 2.73. The first-order valence-electron chi connectivity index (χ1n) is 4.29. The van der Waals surface area contributed by atoms with Gasteiger partial charge in [0.2, 0.25) is 0 Å². The van der Waals surface area contributed by atoms with Gasteiger partial charge in [-0.25, -0.2) is 4.79 Å². The zero-order chi connectivity index (χ0) is 10.7. The van der Waals surface area contributed by atoms with Crippen LogP contribution in [0.25, 0.3) is 10.4 Å². The first-order chi connectivity index (χ1) is 7.33. The molecule has 76 valence electrons. The predicted molar refractivity (Wildman–Crippen MR) is 56.7 cm³/mol. The monoisotopic (exact) mass is 220 g/mol. The molecule has 0 spiro atoms. The fraction of sp³-hybridized carbons (Fsp3) is 0.100. The zero-order valence-electron chi connectivity index (χ0n) is 8.01. The van der Waals surface area contributed by atoms with Crippen molar-refractivity contribution < 1.29 is 9.53 Å². The van der Waals surface area contributed by atoms with Crippen LogP contribution in [0.3, 0.4) is 0 Å². The van der Waals surface area contributed by atoms with Crippen LogP contribution in [0.1, 0.15) is 10.5 Å². The summed E-state index contributed by atoms with van der Waals surface area (Å²) in [5.74, 6) is -0.456. The standard InChI is InChI=1S/C10H8N2O2S/c1-14-10(13)8-9(15-12-11-8)7-5-3-2-4-6-7/h2-6H,1H3. The van der Waals surface area contributed by atoms with E-state index in [4.69, 9.17) is 0 Å². The Bertz CT molecular complexity index is 467. The van der Waals surface area contributed by atoms with Gasteiger partial charge in [0.25, 0.3) is 0 Å². The lowest BCUT2D eigenvalue weighted by atomic mass is 10.1. The number of nitrogens with zero attached hydrogens (tertiary/aromatic N) is 2. The van der Waals surface area contributed by atoms with Crippen LogP contribution in [-0.4, -0.2) is 22.7 Å². The van der Waals surface area contributed by atoms with Gasteiger partial charge in [-0.05, 0) is 17.1 Å². The predicted octanol–water partition coefficient (Wildman–Crippen LogP) is 1.99. The van der Waals surface area contributed by atoms with Crippen LogP contribution in [0, 0.1) is 0 Å². The first kappa shape index (κ1) is 9.79. The third-order valence-corrected chi connectivity index (χ3v) is 2.68. The molecule has 2 aromatic rings. The highest BCUT2D eigenvalue weighted by molar-refractivity contribution is 7.09. The SMILES string of the molecule is COC(=O)c1nnsc1-c1ccccc1. The lowest BCUT2D eigenvalue weighted by Gasteiger charge is -1.98. The molecule has 15 heavy (non-hydrogen) atoms. The van der Waals surface area contributed by atoms with Crippen LogP contribution in [0.5, 0.6) is 0 Å². The van der Waals surface area contributed by atoms with E-state index in [-0.39, 0.29) is 5.69 Å². The molecule has 1 aromatic carbocycles. The minimum absolute atomic E-state index is 0.272. The number of rotatable bonds is 2. The molecule has 0 bridgehead atoms. The molecule has 0 unspecified atom stereocenters. The number of benzene rings is 1. The summed E-state index contributed by atoms with van der Waals surface area (Å²) in [6, 6.07) is 9.52. The Balaban J connectivity index is 2.46. The summed E-state index contributed by atoms with van der Waals surface area (Å²) in [5, 5.41) is 3.76. The quantitative estimate of drug-likeness (QED) is 0.726.